The number of fused-ring (bicyclic) bond motifs is 1. The van der Waals surface area contributed by atoms with Gasteiger partial charge in [0.1, 0.15) is 17.3 Å². The average molecular weight is 322 g/mol. The van der Waals surface area contributed by atoms with Crippen molar-refractivity contribution < 1.29 is 4.39 Å². The van der Waals surface area contributed by atoms with Gasteiger partial charge in [-0.1, -0.05) is 19.9 Å². The summed E-state index contributed by atoms with van der Waals surface area (Å²) in [4.78, 5) is 19.2. The number of rotatable bonds is 4. The number of nitrogens with zero attached hydrogens (tertiary/aromatic N) is 2. The monoisotopic (exact) mass is 322 g/mol. The lowest BCUT2D eigenvalue weighted by molar-refractivity contribution is 0.428. The highest BCUT2D eigenvalue weighted by atomic mass is 32.1. The van der Waals surface area contributed by atoms with E-state index in [9.17, 15) is 9.18 Å². The molecular weight excluding hydrogens is 307 g/mol. The third-order valence-electron chi connectivity index (χ3n) is 3.33. The van der Waals surface area contributed by atoms with Gasteiger partial charge in [-0.2, -0.15) is 0 Å². The summed E-state index contributed by atoms with van der Waals surface area (Å²) in [5.74, 6) is 0.741. The summed E-state index contributed by atoms with van der Waals surface area (Å²) in [6, 6.07) is 3.95. The SMILES string of the molecule is CC(C)c1nc2scc(-c3cccs3)c2c(=O)n1CCF. The van der Waals surface area contributed by atoms with E-state index in [0.717, 1.165) is 15.3 Å². The van der Waals surface area contributed by atoms with Crippen molar-refractivity contribution in [3.63, 3.8) is 0 Å². The van der Waals surface area contributed by atoms with Crippen LogP contribution in [0, 0.1) is 0 Å². The molecule has 0 amide bonds. The minimum Gasteiger partial charge on any atom is -0.293 e. The van der Waals surface area contributed by atoms with Crippen LogP contribution in [0.25, 0.3) is 20.7 Å². The van der Waals surface area contributed by atoms with Gasteiger partial charge in [0, 0.05) is 21.7 Å². The van der Waals surface area contributed by atoms with Gasteiger partial charge >= 0.3 is 0 Å². The Balaban J connectivity index is 2.33. The molecule has 0 aliphatic rings. The van der Waals surface area contributed by atoms with Crippen LogP contribution in [0.4, 0.5) is 4.39 Å². The number of hydrogen-bond donors (Lipinski definition) is 0. The highest BCUT2D eigenvalue weighted by Crippen LogP contribution is 2.34. The van der Waals surface area contributed by atoms with Crippen molar-refractivity contribution in [2.24, 2.45) is 0 Å². The third-order valence-corrected chi connectivity index (χ3v) is 5.11. The van der Waals surface area contributed by atoms with E-state index >= 15 is 0 Å². The van der Waals surface area contributed by atoms with Crippen LogP contribution in [-0.4, -0.2) is 16.2 Å². The van der Waals surface area contributed by atoms with Gasteiger partial charge in [-0.25, -0.2) is 9.37 Å². The lowest BCUT2D eigenvalue weighted by atomic mass is 10.1. The first-order valence-electron chi connectivity index (χ1n) is 6.75. The minimum absolute atomic E-state index is 0.0645. The third kappa shape index (κ3) is 2.42. The molecule has 3 heterocycles. The summed E-state index contributed by atoms with van der Waals surface area (Å²) in [6.45, 7) is 3.44. The first kappa shape index (κ1) is 14.4. The fraction of sp³-hybridized carbons (Fsp3) is 0.333. The van der Waals surface area contributed by atoms with Crippen LogP contribution in [0.5, 0.6) is 0 Å². The van der Waals surface area contributed by atoms with Gasteiger partial charge < -0.3 is 0 Å². The molecular formula is C15H15FN2OS2. The van der Waals surface area contributed by atoms with E-state index in [2.05, 4.69) is 4.98 Å². The maximum Gasteiger partial charge on any atom is 0.263 e. The quantitative estimate of drug-likeness (QED) is 0.718. The maximum atomic E-state index is 12.8. The molecule has 0 spiro atoms. The Kier molecular flexibility index (Phi) is 3.91. The molecule has 0 aliphatic heterocycles. The number of aromatic nitrogens is 2. The largest absolute Gasteiger partial charge is 0.293 e. The van der Waals surface area contributed by atoms with Gasteiger partial charge in [-0.15, -0.1) is 22.7 Å². The zero-order valence-corrected chi connectivity index (χ0v) is 13.4. The first-order chi connectivity index (χ1) is 10.1. The van der Waals surface area contributed by atoms with Crippen LogP contribution < -0.4 is 5.56 Å². The fourth-order valence-corrected chi connectivity index (χ4v) is 4.15. The molecule has 0 aliphatic carbocycles. The predicted octanol–water partition coefficient (Wildman–Crippen LogP) is 4.28. The van der Waals surface area contributed by atoms with E-state index in [1.54, 1.807) is 11.3 Å². The Hall–Kier alpha value is -1.53. The van der Waals surface area contributed by atoms with Crippen molar-refractivity contribution in [3.8, 4) is 10.4 Å². The molecule has 0 bridgehead atoms. The van der Waals surface area contributed by atoms with Crippen molar-refractivity contribution in [1.29, 1.82) is 0 Å². The van der Waals surface area contributed by atoms with Crippen LogP contribution in [0.1, 0.15) is 25.6 Å². The van der Waals surface area contributed by atoms with Gasteiger partial charge in [-0.05, 0) is 11.4 Å². The second-order valence-electron chi connectivity index (χ2n) is 5.08. The molecule has 3 nitrogen and oxygen atoms in total. The molecule has 6 heteroatoms. The zero-order chi connectivity index (χ0) is 15.0. The Morgan fingerprint density at radius 2 is 2.19 bits per heavy atom. The fourth-order valence-electron chi connectivity index (χ4n) is 2.39. The van der Waals surface area contributed by atoms with Crippen molar-refractivity contribution in [2.45, 2.75) is 26.3 Å². The summed E-state index contributed by atoms with van der Waals surface area (Å²) >= 11 is 3.06. The molecule has 0 radical (unpaired) electrons. The standard InChI is InChI=1S/C15H15FN2OS2/c1-9(2)13-17-14-12(15(19)18(13)6-5-16)10(8-21-14)11-4-3-7-20-11/h3-4,7-9H,5-6H2,1-2H3. The number of alkyl halides is 1. The highest BCUT2D eigenvalue weighted by Gasteiger charge is 2.18. The van der Waals surface area contributed by atoms with Crippen LogP contribution >= 0.6 is 22.7 Å². The highest BCUT2D eigenvalue weighted by molar-refractivity contribution is 7.18. The topological polar surface area (TPSA) is 34.9 Å². The maximum absolute atomic E-state index is 12.8. The van der Waals surface area contributed by atoms with E-state index in [0.29, 0.717) is 11.2 Å². The van der Waals surface area contributed by atoms with Gasteiger partial charge in [0.2, 0.25) is 0 Å². The Bertz CT molecular complexity index is 818. The molecule has 3 rings (SSSR count). The smallest absolute Gasteiger partial charge is 0.263 e. The van der Waals surface area contributed by atoms with Crippen molar-refractivity contribution in [2.75, 3.05) is 6.67 Å². The second kappa shape index (κ2) is 5.69. The van der Waals surface area contributed by atoms with Gasteiger partial charge in [0.25, 0.3) is 5.56 Å². The second-order valence-corrected chi connectivity index (χ2v) is 6.88. The molecule has 0 N–H and O–H groups in total. The van der Waals surface area contributed by atoms with Crippen LogP contribution in [0.2, 0.25) is 0 Å². The van der Waals surface area contributed by atoms with E-state index in [4.69, 9.17) is 0 Å². The molecule has 0 fully saturated rings. The molecule has 110 valence electrons. The molecule has 0 atom stereocenters. The molecule has 0 unspecified atom stereocenters. The van der Waals surface area contributed by atoms with Gasteiger partial charge in [0.15, 0.2) is 0 Å². The molecule has 3 aromatic rings. The molecule has 21 heavy (non-hydrogen) atoms. The summed E-state index contributed by atoms with van der Waals surface area (Å²) < 4.78 is 14.3. The number of hydrogen-bond acceptors (Lipinski definition) is 4. The summed E-state index contributed by atoms with van der Waals surface area (Å²) in [5, 5.41) is 4.56. The van der Waals surface area contributed by atoms with E-state index in [1.165, 1.54) is 15.9 Å². The van der Waals surface area contributed by atoms with Gasteiger partial charge in [-0.3, -0.25) is 9.36 Å². The van der Waals surface area contributed by atoms with Crippen molar-refractivity contribution in [3.05, 3.63) is 39.1 Å². The minimum atomic E-state index is -0.564. The zero-order valence-electron chi connectivity index (χ0n) is 11.8. The predicted molar refractivity (Wildman–Crippen MR) is 87.3 cm³/mol. The average Bonchev–Trinajstić information content (AvgIpc) is 3.09. The number of thiophene rings is 2. The van der Waals surface area contributed by atoms with Gasteiger partial charge in [0.05, 0.1) is 11.9 Å². The Morgan fingerprint density at radius 1 is 1.38 bits per heavy atom. The van der Waals surface area contributed by atoms with E-state index in [-0.39, 0.29) is 18.0 Å². The molecule has 3 aromatic heterocycles. The molecule has 0 saturated carbocycles. The normalized spacial score (nSPS) is 11.6. The van der Waals surface area contributed by atoms with Crippen molar-refractivity contribution >= 4 is 32.9 Å². The summed E-state index contributed by atoms with van der Waals surface area (Å²) in [6.07, 6.45) is 0. The lowest BCUT2D eigenvalue weighted by Crippen LogP contribution is -2.26. The summed E-state index contributed by atoms with van der Waals surface area (Å²) in [5.41, 5.74) is 0.774. The Morgan fingerprint density at radius 3 is 2.81 bits per heavy atom. The molecule has 0 aromatic carbocycles. The first-order valence-corrected chi connectivity index (χ1v) is 8.51. The van der Waals surface area contributed by atoms with E-state index < -0.39 is 6.67 Å². The van der Waals surface area contributed by atoms with Crippen LogP contribution in [0.15, 0.2) is 27.7 Å². The molecule has 0 saturated heterocycles. The van der Waals surface area contributed by atoms with E-state index in [1.807, 2.05) is 36.7 Å². The van der Waals surface area contributed by atoms with Crippen LogP contribution in [0.3, 0.4) is 0 Å². The summed E-state index contributed by atoms with van der Waals surface area (Å²) in [7, 11) is 0. The van der Waals surface area contributed by atoms with Crippen LogP contribution in [-0.2, 0) is 6.54 Å². The lowest BCUT2D eigenvalue weighted by Gasteiger charge is -2.13. The van der Waals surface area contributed by atoms with Crippen molar-refractivity contribution in [1.82, 2.24) is 9.55 Å². The number of halogens is 1. The Labute approximate surface area is 129 Å².